The van der Waals surface area contributed by atoms with Crippen LogP contribution in [0.1, 0.15) is 12.5 Å². The number of hydrogen-bond acceptors (Lipinski definition) is 4. The minimum Gasteiger partial charge on any atom is -0.496 e. The zero-order valence-electron chi connectivity index (χ0n) is 12.4. The molecule has 0 bridgehead atoms. The molecular weight excluding hydrogens is 322 g/mol. The summed E-state index contributed by atoms with van der Waals surface area (Å²) in [6.07, 6.45) is 0.865. The van der Waals surface area contributed by atoms with Gasteiger partial charge in [-0.2, -0.15) is 0 Å². The Morgan fingerprint density at radius 2 is 2.05 bits per heavy atom. The molecule has 0 aliphatic rings. The molecule has 0 fully saturated rings. The van der Waals surface area contributed by atoms with Gasteiger partial charge in [-0.1, -0.05) is 22.9 Å². The zero-order valence-corrected chi connectivity index (χ0v) is 14.0. The van der Waals surface area contributed by atoms with Crippen molar-refractivity contribution in [3.8, 4) is 5.75 Å². The molecule has 1 unspecified atom stereocenters. The number of benzene rings is 1. The van der Waals surface area contributed by atoms with E-state index in [4.69, 9.17) is 14.2 Å². The van der Waals surface area contributed by atoms with Crippen molar-refractivity contribution in [2.75, 3.05) is 40.6 Å². The summed E-state index contributed by atoms with van der Waals surface area (Å²) in [5, 5.41) is 3.44. The predicted molar refractivity (Wildman–Crippen MR) is 84.6 cm³/mol. The number of rotatable bonds is 10. The molecule has 114 valence electrons. The van der Waals surface area contributed by atoms with E-state index in [1.165, 1.54) is 5.56 Å². The van der Waals surface area contributed by atoms with Crippen LogP contribution in [-0.4, -0.2) is 46.6 Å². The molecule has 0 saturated carbocycles. The number of methoxy groups -OCH3 is 2. The van der Waals surface area contributed by atoms with Gasteiger partial charge < -0.3 is 19.5 Å². The lowest BCUT2D eigenvalue weighted by atomic mass is 10.1. The lowest BCUT2D eigenvalue weighted by molar-refractivity contribution is 0.0589. The van der Waals surface area contributed by atoms with Crippen LogP contribution in [0.3, 0.4) is 0 Å². The van der Waals surface area contributed by atoms with E-state index >= 15 is 0 Å². The quantitative estimate of drug-likeness (QED) is 0.661. The Bertz CT molecular complexity index is 387. The van der Waals surface area contributed by atoms with Crippen molar-refractivity contribution in [1.82, 2.24) is 5.32 Å². The molecule has 1 N–H and O–H groups in total. The zero-order chi connectivity index (χ0) is 14.8. The third kappa shape index (κ3) is 6.22. The fourth-order valence-electron chi connectivity index (χ4n) is 2.02. The van der Waals surface area contributed by atoms with Crippen LogP contribution in [-0.2, 0) is 15.9 Å². The maximum absolute atomic E-state index is 5.62. The molecule has 0 amide bonds. The number of likely N-dealkylation sites (N-methyl/N-ethyl adjacent to an activating group) is 1. The minimum absolute atomic E-state index is 0.264. The highest BCUT2D eigenvalue weighted by Crippen LogP contribution is 2.24. The Hall–Kier alpha value is -0.620. The molecule has 20 heavy (non-hydrogen) atoms. The minimum atomic E-state index is 0.264. The molecule has 0 radical (unpaired) electrons. The average molecular weight is 346 g/mol. The predicted octanol–water partition coefficient (Wildman–Crippen LogP) is 2.64. The van der Waals surface area contributed by atoms with Crippen LogP contribution in [0.5, 0.6) is 5.75 Å². The monoisotopic (exact) mass is 345 g/mol. The molecule has 1 rings (SSSR count). The largest absolute Gasteiger partial charge is 0.496 e. The van der Waals surface area contributed by atoms with Gasteiger partial charge in [-0.05, 0) is 36.7 Å². The molecule has 0 aliphatic heterocycles. The second kappa shape index (κ2) is 10.2. The Labute approximate surface area is 129 Å². The summed E-state index contributed by atoms with van der Waals surface area (Å²) < 4.78 is 17.1. The van der Waals surface area contributed by atoms with Gasteiger partial charge in [0.1, 0.15) is 5.75 Å². The molecular formula is C15H24BrNO3. The summed E-state index contributed by atoms with van der Waals surface area (Å²) in [5.41, 5.74) is 1.17. The van der Waals surface area contributed by atoms with E-state index in [0.29, 0.717) is 19.8 Å². The fourth-order valence-corrected chi connectivity index (χ4v) is 2.43. The summed E-state index contributed by atoms with van der Waals surface area (Å²) >= 11 is 3.50. The highest BCUT2D eigenvalue weighted by atomic mass is 79.9. The van der Waals surface area contributed by atoms with Gasteiger partial charge in [-0.15, -0.1) is 0 Å². The van der Waals surface area contributed by atoms with Crippen LogP contribution in [0.25, 0.3) is 0 Å². The first-order valence-corrected chi connectivity index (χ1v) is 7.63. The first kappa shape index (κ1) is 17.4. The molecule has 0 heterocycles. The van der Waals surface area contributed by atoms with Gasteiger partial charge in [-0.3, -0.25) is 0 Å². The topological polar surface area (TPSA) is 39.7 Å². The van der Waals surface area contributed by atoms with E-state index in [0.717, 1.165) is 23.2 Å². The number of halogens is 1. The maximum Gasteiger partial charge on any atom is 0.122 e. The molecule has 0 spiro atoms. The van der Waals surface area contributed by atoms with E-state index < -0.39 is 0 Å². The molecule has 0 aromatic heterocycles. The van der Waals surface area contributed by atoms with Gasteiger partial charge >= 0.3 is 0 Å². The molecule has 1 aromatic rings. The van der Waals surface area contributed by atoms with Gasteiger partial charge in [0.2, 0.25) is 0 Å². The summed E-state index contributed by atoms with van der Waals surface area (Å²) in [6.45, 7) is 4.91. The van der Waals surface area contributed by atoms with Gasteiger partial charge in [0.15, 0.2) is 0 Å². The standard InChI is InChI=1S/C15H24BrNO3/c1-4-17-14(11-20-8-7-18-2)10-12-9-13(16)5-6-15(12)19-3/h5-6,9,14,17H,4,7-8,10-11H2,1-3H3. The highest BCUT2D eigenvalue weighted by molar-refractivity contribution is 9.10. The summed E-state index contributed by atoms with van der Waals surface area (Å²) in [4.78, 5) is 0. The van der Waals surface area contributed by atoms with E-state index in [2.05, 4.69) is 34.2 Å². The maximum atomic E-state index is 5.62. The van der Waals surface area contributed by atoms with Gasteiger partial charge in [0.05, 0.1) is 26.9 Å². The van der Waals surface area contributed by atoms with Crippen LogP contribution in [0, 0.1) is 0 Å². The van der Waals surface area contributed by atoms with Crippen LogP contribution in [0.2, 0.25) is 0 Å². The van der Waals surface area contributed by atoms with Crippen LogP contribution < -0.4 is 10.1 Å². The number of nitrogens with one attached hydrogen (secondary N) is 1. The molecule has 1 atom stereocenters. The second-order valence-corrected chi connectivity index (χ2v) is 5.40. The van der Waals surface area contributed by atoms with Crippen molar-refractivity contribution < 1.29 is 14.2 Å². The normalized spacial score (nSPS) is 12.4. The molecule has 1 aromatic carbocycles. The van der Waals surface area contributed by atoms with Crippen molar-refractivity contribution >= 4 is 15.9 Å². The highest BCUT2D eigenvalue weighted by Gasteiger charge is 2.12. The van der Waals surface area contributed by atoms with Crippen molar-refractivity contribution in [2.45, 2.75) is 19.4 Å². The van der Waals surface area contributed by atoms with Crippen molar-refractivity contribution in [3.05, 3.63) is 28.2 Å². The lowest BCUT2D eigenvalue weighted by Crippen LogP contribution is -2.35. The Kier molecular flexibility index (Phi) is 8.85. The molecule has 4 nitrogen and oxygen atoms in total. The molecule has 0 saturated heterocycles. The van der Waals surface area contributed by atoms with Crippen LogP contribution in [0.15, 0.2) is 22.7 Å². The number of ether oxygens (including phenoxy) is 3. The Balaban J connectivity index is 2.61. The Morgan fingerprint density at radius 1 is 1.25 bits per heavy atom. The average Bonchev–Trinajstić information content (AvgIpc) is 2.44. The second-order valence-electron chi connectivity index (χ2n) is 4.48. The van der Waals surface area contributed by atoms with Gasteiger partial charge in [-0.25, -0.2) is 0 Å². The fraction of sp³-hybridized carbons (Fsp3) is 0.600. The van der Waals surface area contributed by atoms with E-state index in [1.807, 2.05) is 12.1 Å². The summed E-state index contributed by atoms with van der Waals surface area (Å²) in [5.74, 6) is 0.910. The van der Waals surface area contributed by atoms with E-state index in [-0.39, 0.29) is 6.04 Å². The van der Waals surface area contributed by atoms with Crippen LogP contribution in [0.4, 0.5) is 0 Å². The van der Waals surface area contributed by atoms with E-state index in [9.17, 15) is 0 Å². The third-order valence-electron chi connectivity index (χ3n) is 2.95. The molecule has 5 heteroatoms. The smallest absolute Gasteiger partial charge is 0.122 e. The first-order chi connectivity index (χ1) is 9.71. The van der Waals surface area contributed by atoms with Crippen LogP contribution >= 0.6 is 15.9 Å². The van der Waals surface area contributed by atoms with Crippen molar-refractivity contribution in [1.29, 1.82) is 0 Å². The summed E-state index contributed by atoms with van der Waals surface area (Å²) in [6, 6.07) is 6.33. The van der Waals surface area contributed by atoms with Gasteiger partial charge in [0, 0.05) is 17.6 Å². The number of hydrogen-bond donors (Lipinski definition) is 1. The molecule has 0 aliphatic carbocycles. The van der Waals surface area contributed by atoms with Crippen molar-refractivity contribution in [2.24, 2.45) is 0 Å². The summed E-state index contributed by atoms with van der Waals surface area (Å²) in [7, 11) is 3.38. The lowest BCUT2D eigenvalue weighted by Gasteiger charge is -2.19. The third-order valence-corrected chi connectivity index (χ3v) is 3.45. The SMILES string of the molecule is CCNC(COCCOC)Cc1cc(Br)ccc1OC. The van der Waals surface area contributed by atoms with E-state index in [1.54, 1.807) is 14.2 Å². The first-order valence-electron chi connectivity index (χ1n) is 6.83. The van der Waals surface area contributed by atoms with Gasteiger partial charge in [0.25, 0.3) is 0 Å². The Morgan fingerprint density at radius 3 is 2.70 bits per heavy atom. The van der Waals surface area contributed by atoms with Crippen molar-refractivity contribution in [3.63, 3.8) is 0 Å².